The molecule has 2 aromatic carbocycles. The highest BCUT2D eigenvalue weighted by atomic mass is 16.4. The fraction of sp³-hybridized carbons (Fsp3) is 0.308. The standard InChI is InChI=1S/C26H28N4O5/c31-16-17-5-6-21-19(13-17)20(15-28-21)25(26(33)34)30-11-9-29(10-12-30)8-7-27-22-14-24(32)35-23-4-2-1-3-18(22)23/h1-6,13-15,25,27-28,31H,7-12,16H2,(H,33,34)/t25-/m1/s1. The minimum Gasteiger partial charge on any atom is -0.480 e. The number of carboxylic acids is 1. The SMILES string of the molecule is O=C(O)[C@@H](c1c[nH]c2ccc(CO)cc12)N1CCN(CCNc2cc(=O)oc3ccccc23)CC1. The van der Waals surface area contributed by atoms with Gasteiger partial charge in [0.25, 0.3) is 0 Å². The molecule has 182 valence electrons. The van der Waals surface area contributed by atoms with E-state index in [-0.39, 0.29) is 12.2 Å². The van der Waals surface area contributed by atoms with Crippen LogP contribution in [0.1, 0.15) is 17.2 Å². The van der Waals surface area contributed by atoms with Crippen LogP contribution in [0.5, 0.6) is 0 Å². The summed E-state index contributed by atoms with van der Waals surface area (Å²) in [6.45, 7) is 4.08. The summed E-state index contributed by atoms with van der Waals surface area (Å²) in [6, 6.07) is 13.7. The maximum atomic E-state index is 12.3. The molecule has 9 nitrogen and oxygen atoms in total. The molecule has 4 N–H and O–H groups in total. The summed E-state index contributed by atoms with van der Waals surface area (Å²) in [6.07, 6.45) is 1.77. The molecule has 3 heterocycles. The van der Waals surface area contributed by atoms with E-state index in [2.05, 4.69) is 15.2 Å². The monoisotopic (exact) mass is 476 g/mol. The number of aliphatic hydroxyl groups is 1. The molecule has 35 heavy (non-hydrogen) atoms. The van der Waals surface area contributed by atoms with E-state index in [0.29, 0.717) is 30.8 Å². The van der Waals surface area contributed by atoms with Crippen molar-refractivity contribution in [1.82, 2.24) is 14.8 Å². The Kier molecular flexibility index (Phi) is 6.54. The minimum absolute atomic E-state index is 0.0886. The molecule has 1 atom stereocenters. The number of H-pyrrole nitrogens is 1. The topological polar surface area (TPSA) is 122 Å². The highest BCUT2D eigenvalue weighted by Gasteiger charge is 2.32. The Labute approximate surface area is 201 Å². The molecular formula is C26H28N4O5. The predicted octanol–water partition coefficient (Wildman–Crippen LogP) is 2.62. The van der Waals surface area contributed by atoms with E-state index in [1.54, 1.807) is 12.3 Å². The summed E-state index contributed by atoms with van der Waals surface area (Å²) in [5.74, 6) is -0.884. The van der Waals surface area contributed by atoms with Gasteiger partial charge in [0.05, 0.1) is 12.3 Å². The molecule has 0 spiro atoms. The molecular weight excluding hydrogens is 448 g/mol. The van der Waals surface area contributed by atoms with Crippen molar-refractivity contribution in [1.29, 1.82) is 0 Å². The van der Waals surface area contributed by atoms with Crippen molar-refractivity contribution in [3.05, 3.63) is 76.3 Å². The highest BCUT2D eigenvalue weighted by molar-refractivity contribution is 5.90. The van der Waals surface area contributed by atoms with E-state index >= 15 is 0 Å². The number of aromatic amines is 1. The Balaban J connectivity index is 1.22. The van der Waals surface area contributed by atoms with Crippen LogP contribution in [-0.2, 0) is 11.4 Å². The van der Waals surface area contributed by atoms with Crippen molar-refractivity contribution in [3.8, 4) is 0 Å². The summed E-state index contributed by atoms with van der Waals surface area (Å²) in [7, 11) is 0. The summed E-state index contributed by atoms with van der Waals surface area (Å²) >= 11 is 0. The Morgan fingerprint density at radius 2 is 1.89 bits per heavy atom. The van der Waals surface area contributed by atoms with E-state index in [1.165, 1.54) is 6.07 Å². The number of aliphatic hydroxyl groups excluding tert-OH is 1. The van der Waals surface area contributed by atoms with Gasteiger partial charge in [-0.3, -0.25) is 14.6 Å². The van der Waals surface area contributed by atoms with Gasteiger partial charge >= 0.3 is 11.6 Å². The number of carboxylic acid groups (broad SMARTS) is 1. The molecule has 1 aliphatic rings. The lowest BCUT2D eigenvalue weighted by atomic mass is 10.0. The number of aliphatic carboxylic acids is 1. The average molecular weight is 477 g/mol. The molecule has 0 unspecified atom stereocenters. The maximum absolute atomic E-state index is 12.3. The van der Waals surface area contributed by atoms with Crippen molar-refractivity contribution in [2.24, 2.45) is 0 Å². The second-order valence-electron chi connectivity index (χ2n) is 8.80. The van der Waals surface area contributed by atoms with Gasteiger partial charge in [-0.2, -0.15) is 0 Å². The van der Waals surface area contributed by atoms with Gasteiger partial charge in [0.15, 0.2) is 0 Å². The van der Waals surface area contributed by atoms with Crippen LogP contribution in [0.25, 0.3) is 21.9 Å². The van der Waals surface area contributed by atoms with Crippen LogP contribution < -0.4 is 10.9 Å². The Morgan fingerprint density at radius 1 is 1.09 bits per heavy atom. The molecule has 1 saturated heterocycles. The third kappa shape index (κ3) is 4.79. The Morgan fingerprint density at radius 3 is 2.66 bits per heavy atom. The van der Waals surface area contributed by atoms with E-state index in [9.17, 15) is 19.8 Å². The number of nitrogens with zero attached hydrogens (tertiary/aromatic N) is 2. The number of hydrogen-bond acceptors (Lipinski definition) is 7. The number of aromatic nitrogens is 1. The van der Waals surface area contributed by atoms with Gasteiger partial charge < -0.3 is 24.9 Å². The van der Waals surface area contributed by atoms with Gasteiger partial charge in [-0.15, -0.1) is 0 Å². The number of para-hydroxylation sites is 1. The van der Waals surface area contributed by atoms with Crippen molar-refractivity contribution >= 4 is 33.5 Å². The molecule has 0 amide bonds. The molecule has 0 aliphatic carbocycles. The van der Waals surface area contributed by atoms with Crippen LogP contribution in [0.3, 0.4) is 0 Å². The van der Waals surface area contributed by atoms with E-state index in [4.69, 9.17) is 4.42 Å². The highest BCUT2D eigenvalue weighted by Crippen LogP contribution is 2.30. The molecule has 9 heteroatoms. The molecule has 0 bridgehead atoms. The first-order valence-corrected chi connectivity index (χ1v) is 11.7. The number of nitrogens with one attached hydrogen (secondary N) is 2. The Hall–Kier alpha value is -3.66. The van der Waals surface area contributed by atoms with Crippen molar-refractivity contribution in [3.63, 3.8) is 0 Å². The molecule has 4 aromatic rings. The second-order valence-corrected chi connectivity index (χ2v) is 8.80. The number of hydrogen-bond donors (Lipinski definition) is 4. The van der Waals surface area contributed by atoms with E-state index in [1.807, 2.05) is 41.3 Å². The quantitative estimate of drug-likeness (QED) is 0.286. The molecule has 0 radical (unpaired) electrons. The molecule has 5 rings (SSSR count). The number of anilines is 1. The first-order chi connectivity index (χ1) is 17.0. The number of fused-ring (bicyclic) bond motifs is 2. The smallest absolute Gasteiger partial charge is 0.338 e. The third-order valence-electron chi connectivity index (χ3n) is 6.65. The third-order valence-corrected chi connectivity index (χ3v) is 6.65. The summed E-state index contributed by atoms with van der Waals surface area (Å²) in [5, 5.41) is 24.6. The van der Waals surface area contributed by atoms with Crippen molar-refractivity contribution in [2.75, 3.05) is 44.6 Å². The molecule has 2 aromatic heterocycles. The van der Waals surface area contributed by atoms with Gasteiger partial charge in [-0.25, -0.2) is 4.79 Å². The van der Waals surface area contributed by atoms with Gasteiger partial charge in [-0.05, 0) is 29.8 Å². The molecule has 1 aliphatic heterocycles. The van der Waals surface area contributed by atoms with Gasteiger partial charge in [0.2, 0.25) is 0 Å². The summed E-state index contributed by atoms with van der Waals surface area (Å²) < 4.78 is 5.25. The van der Waals surface area contributed by atoms with Crippen LogP contribution in [-0.4, -0.2) is 70.2 Å². The predicted molar refractivity (Wildman–Crippen MR) is 134 cm³/mol. The lowest BCUT2D eigenvalue weighted by Gasteiger charge is -2.37. The van der Waals surface area contributed by atoms with Gasteiger partial charge in [-0.1, -0.05) is 18.2 Å². The van der Waals surface area contributed by atoms with Crippen molar-refractivity contribution in [2.45, 2.75) is 12.6 Å². The van der Waals surface area contributed by atoms with Gasteiger partial charge in [0, 0.05) is 73.4 Å². The van der Waals surface area contributed by atoms with Crippen molar-refractivity contribution < 1.29 is 19.4 Å². The fourth-order valence-electron chi connectivity index (χ4n) is 4.85. The zero-order valence-corrected chi connectivity index (χ0v) is 19.2. The zero-order chi connectivity index (χ0) is 24.4. The number of carbonyl (C=O) groups is 1. The normalized spacial score (nSPS) is 16.0. The Bertz CT molecular complexity index is 1400. The fourth-order valence-corrected chi connectivity index (χ4v) is 4.85. The minimum atomic E-state index is -0.884. The largest absolute Gasteiger partial charge is 0.480 e. The first kappa shape index (κ1) is 23.1. The van der Waals surface area contributed by atoms with Crippen LogP contribution in [0.15, 0.2) is 63.9 Å². The summed E-state index contributed by atoms with van der Waals surface area (Å²) in [4.78, 5) is 31.6. The van der Waals surface area contributed by atoms with Crippen LogP contribution in [0.2, 0.25) is 0 Å². The van der Waals surface area contributed by atoms with Crippen LogP contribution in [0.4, 0.5) is 5.69 Å². The maximum Gasteiger partial charge on any atom is 0.338 e. The van der Waals surface area contributed by atoms with Crippen LogP contribution >= 0.6 is 0 Å². The van der Waals surface area contributed by atoms with E-state index < -0.39 is 12.0 Å². The molecule has 1 fully saturated rings. The lowest BCUT2D eigenvalue weighted by Crippen LogP contribution is -2.50. The molecule has 0 saturated carbocycles. The van der Waals surface area contributed by atoms with E-state index in [0.717, 1.165) is 47.2 Å². The number of rotatable bonds is 8. The first-order valence-electron chi connectivity index (χ1n) is 11.7. The second kappa shape index (κ2) is 9.91. The average Bonchev–Trinajstić information content (AvgIpc) is 3.27. The number of benzene rings is 2. The van der Waals surface area contributed by atoms with Gasteiger partial charge in [0.1, 0.15) is 11.6 Å². The van der Waals surface area contributed by atoms with Crippen LogP contribution in [0, 0.1) is 0 Å². The number of piperazine rings is 1. The summed E-state index contributed by atoms with van der Waals surface area (Å²) in [5.41, 5.74) is 3.25. The lowest BCUT2D eigenvalue weighted by molar-refractivity contribution is -0.144. The zero-order valence-electron chi connectivity index (χ0n) is 19.2.